The predicted molar refractivity (Wildman–Crippen MR) is 128 cm³/mol. The van der Waals surface area contributed by atoms with Gasteiger partial charge in [0.25, 0.3) is 0 Å². The van der Waals surface area contributed by atoms with Crippen LogP contribution in [0.4, 0.5) is 0 Å². The predicted octanol–water partition coefficient (Wildman–Crippen LogP) is 2.65. The summed E-state index contributed by atoms with van der Waals surface area (Å²) in [6.07, 6.45) is 11.1. The molecular formula is C27H39NO7. The maximum atomic E-state index is 11.4. The van der Waals surface area contributed by atoms with E-state index < -0.39 is 18.6 Å². The summed E-state index contributed by atoms with van der Waals surface area (Å²) in [4.78, 5) is 21.1. The highest BCUT2D eigenvalue weighted by molar-refractivity contribution is 5.73. The fraction of sp³-hybridized carbons (Fsp3) is 0.778. The van der Waals surface area contributed by atoms with Crippen LogP contribution in [0.5, 0.6) is 0 Å². The first-order chi connectivity index (χ1) is 16.6. The second kappa shape index (κ2) is 8.68. The normalized spacial score (nSPS) is 46.1. The van der Waals surface area contributed by atoms with Crippen molar-refractivity contribution in [2.45, 2.75) is 95.0 Å². The van der Waals surface area contributed by atoms with Crippen LogP contribution in [0.25, 0.3) is 0 Å². The van der Waals surface area contributed by atoms with E-state index in [4.69, 9.17) is 25.1 Å². The third-order valence-electron chi connectivity index (χ3n) is 10.7. The molecule has 8 nitrogen and oxygen atoms in total. The van der Waals surface area contributed by atoms with Gasteiger partial charge in [-0.2, -0.15) is 0 Å². The molecule has 5 N–H and O–H groups in total. The fourth-order valence-electron chi connectivity index (χ4n) is 8.82. The topological polar surface area (TPSA) is 147 Å². The van der Waals surface area contributed by atoms with Crippen LogP contribution in [0.2, 0.25) is 0 Å². The molecule has 0 bridgehead atoms. The van der Waals surface area contributed by atoms with E-state index in [1.165, 1.54) is 37.7 Å². The number of rotatable bonds is 3. The minimum absolute atomic E-state index is 0.0285. The van der Waals surface area contributed by atoms with E-state index in [-0.39, 0.29) is 22.7 Å². The Morgan fingerprint density at radius 2 is 1.91 bits per heavy atom. The molecule has 1 aliphatic heterocycles. The molecule has 1 saturated heterocycles. The van der Waals surface area contributed by atoms with Crippen molar-refractivity contribution in [3.05, 3.63) is 34.4 Å². The van der Waals surface area contributed by atoms with Crippen LogP contribution in [0.15, 0.2) is 27.6 Å². The molecule has 5 fully saturated rings. The highest BCUT2D eigenvalue weighted by Gasteiger charge is 2.80. The molecule has 1 aromatic rings. The van der Waals surface area contributed by atoms with Gasteiger partial charge in [-0.25, -0.2) is 4.79 Å². The number of hydrogen-bond acceptors (Lipinski definition) is 7. The maximum absolute atomic E-state index is 11.4. The van der Waals surface area contributed by atoms with Crippen LogP contribution < -0.4 is 11.4 Å². The Morgan fingerprint density at radius 3 is 2.54 bits per heavy atom. The van der Waals surface area contributed by atoms with Gasteiger partial charge in [-0.05, 0) is 92.1 Å². The maximum Gasteiger partial charge on any atom is 0.335 e. The number of carboxylic acid groups (broad SMARTS) is 1. The molecule has 2 heterocycles. The van der Waals surface area contributed by atoms with Crippen LogP contribution in [-0.2, 0) is 9.53 Å². The van der Waals surface area contributed by atoms with E-state index in [1.54, 1.807) is 12.3 Å². The molecule has 1 aromatic heterocycles. The molecular weight excluding hydrogens is 450 g/mol. The molecule has 0 unspecified atom stereocenters. The van der Waals surface area contributed by atoms with Gasteiger partial charge in [-0.1, -0.05) is 13.8 Å². The number of fused-ring (bicyclic) bond motifs is 3. The minimum atomic E-state index is -1.18. The van der Waals surface area contributed by atoms with E-state index >= 15 is 0 Å². The van der Waals surface area contributed by atoms with Gasteiger partial charge in [0.1, 0.15) is 11.6 Å². The lowest BCUT2D eigenvalue weighted by atomic mass is 9.44. The molecule has 0 aromatic carbocycles. The minimum Gasteiger partial charge on any atom is -0.480 e. The van der Waals surface area contributed by atoms with Crippen molar-refractivity contribution in [3.63, 3.8) is 0 Å². The van der Waals surface area contributed by atoms with Crippen LogP contribution in [0, 0.1) is 28.6 Å². The van der Waals surface area contributed by atoms with Crippen molar-refractivity contribution < 1.29 is 29.3 Å². The van der Waals surface area contributed by atoms with Gasteiger partial charge >= 0.3 is 11.6 Å². The van der Waals surface area contributed by atoms with Crippen molar-refractivity contribution in [1.82, 2.24) is 0 Å². The van der Waals surface area contributed by atoms with Gasteiger partial charge in [0.05, 0.1) is 25.1 Å². The van der Waals surface area contributed by atoms with Crippen molar-refractivity contribution >= 4 is 5.97 Å². The van der Waals surface area contributed by atoms with E-state index in [0.717, 1.165) is 25.2 Å². The smallest absolute Gasteiger partial charge is 0.335 e. The zero-order valence-corrected chi connectivity index (χ0v) is 20.7. The average Bonchev–Trinajstić information content (AvgIpc) is 3.49. The van der Waals surface area contributed by atoms with Gasteiger partial charge in [-0.3, -0.25) is 4.79 Å². The quantitative estimate of drug-likeness (QED) is 0.474. The number of carboxylic acids is 1. The summed E-state index contributed by atoms with van der Waals surface area (Å²) >= 11 is 0. The molecule has 1 spiro atoms. The average molecular weight is 490 g/mol. The van der Waals surface area contributed by atoms with Gasteiger partial charge in [0.15, 0.2) is 0 Å². The number of epoxide rings is 1. The largest absolute Gasteiger partial charge is 0.480 e. The number of aliphatic carboxylic acids is 1. The zero-order valence-electron chi connectivity index (χ0n) is 20.7. The molecule has 6 rings (SSSR count). The van der Waals surface area contributed by atoms with Crippen molar-refractivity contribution in [3.8, 4) is 0 Å². The SMILES string of the molecule is C[C@]12CC[C@H](O)C[C@H]1CC[C@@H]1[C@@H]2CC[C@]2(C)[C@@H](c3ccc(=O)oc3)C[C@H]3O[C@]132.N[C@@H](CO)C(=O)O. The summed E-state index contributed by atoms with van der Waals surface area (Å²) in [5.41, 5.74) is 6.21. The summed E-state index contributed by atoms with van der Waals surface area (Å²) in [6, 6.07) is 2.43. The van der Waals surface area contributed by atoms with Crippen molar-refractivity contribution in [1.29, 1.82) is 0 Å². The Bertz CT molecular complexity index is 1010. The van der Waals surface area contributed by atoms with Crippen LogP contribution in [0.1, 0.15) is 76.7 Å². The number of aliphatic hydroxyl groups excluding tert-OH is 2. The molecule has 4 aliphatic carbocycles. The summed E-state index contributed by atoms with van der Waals surface area (Å²) in [5, 5.41) is 26.1. The van der Waals surface area contributed by atoms with Gasteiger partial charge in [-0.15, -0.1) is 0 Å². The standard InChI is InChI=1S/C24H32O4.C3H7NO3/c1-22-9-7-16(25)11-15(22)4-5-18-17(22)8-10-23(2)19(12-20-24(18,23)28-20)14-3-6-21(26)27-13-14;4-2(1-5)3(6)7/h3,6,13,15-20,25H,4-5,7-12H2,1-2H3;2,5H,1,4H2,(H,6,7)/t15-,16+,17+,18-,19-,20-,22+,23-,24-;2-/m10/s1. The molecule has 10 atom stereocenters. The first-order valence-electron chi connectivity index (χ1n) is 13.1. The Balaban J connectivity index is 0.000000320. The fourth-order valence-corrected chi connectivity index (χ4v) is 8.82. The van der Waals surface area contributed by atoms with E-state index in [0.29, 0.717) is 29.3 Å². The van der Waals surface area contributed by atoms with Crippen molar-refractivity contribution in [2.75, 3.05) is 6.61 Å². The van der Waals surface area contributed by atoms with E-state index in [9.17, 15) is 14.7 Å². The lowest BCUT2D eigenvalue weighted by Gasteiger charge is -2.61. The Kier molecular flexibility index (Phi) is 6.18. The summed E-state index contributed by atoms with van der Waals surface area (Å²) in [5.74, 6) is 1.30. The number of aliphatic hydroxyl groups is 2. The van der Waals surface area contributed by atoms with E-state index in [1.807, 2.05) is 6.07 Å². The third-order valence-corrected chi connectivity index (χ3v) is 10.7. The van der Waals surface area contributed by atoms with Crippen LogP contribution in [-0.4, -0.2) is 51.7 Å². The van der Waals surface area contributed by atoms with Gasteiger partial charge in [0, 0.05) is 11.5 Å². The van der Waals surface area contributed by atoms with E-state index in [2.05, 4.69) is 13.8 Å². The number of nitrogens with two attached hydrogens (primary N) is 1. The van der Waals surface area contributed by atoms with Crippen LogP contribution in [0.3, 0.4) is 0 Å². The van der Waals surface area contributed by atoms with Gasteiger partial charge < -0.3 is 30.2 Å². The Morgan fingerprint density at radius 1 is 1.14 bits per heavy atom. The summed E-state index contributed by atoms with van der Waals surface area (Å²) in [7, 11) is 0. The Labute approximate surface area is 205 Å². The second-order valence-corrected chi connectivity index (χ2v) is 12.1. The molecule has 0 amide bonds. The Hall–Kier alpha value is -1.74. The summed E-state index contributed by atoms with van der Waals surface area (Å²) in [6.45, 7) is 4.47. The third kappa shape index (κ3) is 3.71. The lowest BCUT2D eigenvalue weighted by molar-refractivity contribution is -0.139. The molecule has 5 aliphatic rings. The lowest BCUT2D eigenvalue weighted by Crippen LogP contribution is -2.58. The van der Waals surface area contributed by atoms with Gasteiger partial charge in [0.2, 0.25) is 0 Å². The molecule has 194 valence electrons. The molecule has 35 heavy (non-hydrogen) atoms. The monoisotopic (exact) mass is 489 g/mol. The highest BCUT2D eigenvalue weighted by Crippen LogP contribution is 2.77. The number of ether oxygens (including phenoxy) is 1. The molecule has 4 saturated carbocycles. The number of carbonyl (C=O) groups is 1. The first-order valence-corrected chi connectivity index (χ1v) is 13.1. The second-order valence-electron chi connectivity index (χ2n) is 12.1. The van der Waals surface area contributed by atoms with Crippen LogP contribution >= 0.6 is 0 Å². The molecule has 8 heteroatoms. The first kappa shape index (κ1) is 24.9. The number of hydrogen-bond donors (Lipinski definition) is 4. The molecule has 0 radical (unpaired) electrons. The van der Waals surface area contributed by atoms with Crippen molar-refractivity contribution in [2.24, 2.45) is 34.3 Å². The summed E-state index contributed by atoms with van der Waals surface area (Å²) < 4.78 is 11.8. The zero-order chi connectivity index (χ0) is 25.2. The highest BCUT2D eigenvalue weighted by atomic mass is 16.6.